The van der Waals surface area contributed by atoms with Crippen molar-refractivity contribution in [3.63, 3.8) is 0 Å². The normalized spacial score (nSPS) is 12.6. The quantitative estimate of drug-likeness (QED) is 0.868. The zero-order valence-corrected chi connectivity index (χ0v) is 11.5. The number of hydrogen-bond acceptors (Lipinski definition) is 2. The molecule has 3 nitrogen and oxygen atoms in total. The summed E-state index contributed by atoms with van der Waals surface area (Å²) in [6, 6.07) is 7.72. The molecule has 96 valence electrons. The van der Waals surface area contributed by atoms with E-state index >= 15 is 0 Å². The molecule has 1 unspecified atom stereocenters. The Morgan fingerprint density at radius 3 is 2.78 bits per heavy atom. The van der Waals surface area contributed by atoms with Crippen LogP contribution in [0.3, 0.4) is 0 Å². The molecule has 18 heavy (non-hydrogen) atoms. The van der Waals surface area contributed by atoms with Gasteiger partial charge < -0.3 is 5.73 Å². The summed E-state index contributed by atoms with van der Waals surface area (Å²) in [4.78, 5) is 0. The number of benzene rings is 1. The molecule has 0 radical (unpaired) electrons. The molecule has 0 amide bonds. The number of nitrogen functional groups attached to an aromatic ring is 1. The van der Waals surface area contributed by atoms with Crippen LogP contribution in [0.2, 0.25) is 5.02 Å². The van der Waals surface area contributed by atoms with Gasteiger partial charge in [-0.2, -0.15) is 5.10 Å². The van der Waals surface area contributed by atoms with E-state index in [4.69, 9.17) is 17.3 Å². The van der Waals surface area contributed by atoms with Crippen molar-refractivity contribution in [1.82, 2.24) is 10.2 Å². The third-order valence-electron chi connectivity index (χ3n) is 3.18. The van der Waals surface area contributed by atoms with Crippen LogP contribution in [0.15, 0.2) is 24.3 Å². The first kappa shape index (κ1) is 13.0. The van der Waals surface area contributed by atoms with Crippen LogP contribution in [0.4, 0.5) is 5.82 Å². The van der Waals surface area contributed by atoms with Crippen molar-refractivity contribution >= 4 is 17.4 Å². The van der Waals surface area contributed by atoms with Crippen LogP contribution in [0.1, 0.15) is 38.3 Å². The van der Waals surface area contributed by atoms with Gasteiger partial charge in [0.15, 0.2) is 5.82 Å². The second kappa shape index (κ2) is 5.44. The number of nitrogens with one attached hydrogen (secondary N) is 1. The first-order chi connectivity index (χ1) is 8.65. The van der Waals surface area contributed by atoms with E-state index in [-0.39, 0.29) is 0 Å². The van der Waals surface area contributed by atoms with Crippen LogP contribution in [0.5, 0.6) is 0 Å². The Morgan fingerprint density at radius 1 is 1.39 bits per heavy atom. The van der Waals surface area contributed by atoms with Crippen molar-refractivity contribution in [1.29, 1.82) is 0 Å². The summed E-state index contributed by atoms with van der Waals surface area (Å²) in [5.74, 6) is 0.909. The molecule has 0 saturated heterocycles. The van der Waals surface area contributed by atoms with Crippen LogP contribution in [-0.2, 0) is 0 Å². The molecule has 1 heterocycles. The van der Waals surface area contributed by atoms with Crippen LogP contribution in [0.25, 0.3) is 11.1 Å². The maximum Gasteiger partial charge on any atom is 0.153 e. The molecular formula is C14H18ClN3. The van der Waals surface area contributed by atoms with Crippen molar-refractivity contribution in [3.8, 4) is 11.1 Å². The topological polar surface area (TPSA) is 54.7 Å². The molecule has 1 aromatic heterocycles. The Bertz CT molecular complexity index is 534. The number of halogens is 1. The molecule has 0 aliphatic carbocycles. The lowest BCUT2D eigenvalue weighted by molar-refractivity contribution is 0.646. The van der Waals surface area contributed by atoms with Gasteiger partial charge in [-0.25, -0.2) is 0 Å². The Hall–Kier alpha value is -1.48. The van der Waals surface area contributed by atoms with E-state index in [0.717, 1.165) is 29.7 Å². The number of hydrogen-bond donors (Lipinski definition) is 2. The summed E-state index contributed by atoms with van der Waals surface area (Å²) in [6.45, 7) is 4.35. The van der Waals surface area contributed by atoms with Crippen LogP contribution >= 0.6 is 11.6 Å². The number of aromatic nitrogens is 2. The van der Waals surface area contributed by atoms with E-state index < -0.39 is 0 Å². The minimum Gasteiger partial charge on any atom is -0.382 e. The van der Waals surface area contributed by atoms with E-state index in [9.17, 15) is 0 Å². The lowest BCUT2D eigenvalue weighted by Gasteiger charge is -2.12. The second-order valence-corrected chi connectivity index (χ2v) is 4.97. The standard InChI is InChI=1S/C14H18ClN3/c1-3-6-9(2)13-12(14(16)18-17-13)10-7-4-5-8-11(10)15/h4-5,7-9H,3,6H2,1-2H3,(H3,16,17,18). The molecule has 4 heteroatoms. The van der Waals surface area contributed by atoms with Gasteiger partial charge in [0.05, 0.1) is 0 Å². The Morgan fingerprint density at radius 2 is 2.11 bits per heavy atom. The van der Waals surface area contributed by atoms with Gasteiger partial charge in [-0.3, -0.25) is 5.10 Å². The van der Waals surface area contributed by atoms with Gasteiger partial charge in [-0.15, -0.1) is 0 Å². The first-order valence-electron chi connectivity index (χ1n) is 6.23. The molecule has 2 rings (SSSR count). The number of anilines is 1. The summed E-state index contributed by atoms with van der Waals surface area (Å²) in [7, 11) is 0. The summed E-state index contributed by atoms with van der Waals surface area (Å²) in [5, 5.41) is 7.89. The summed E-state index contributed by atoms with van der Waals surface area (Å²) in [5.41, 5.74) is 8.94. The lowest BCUT2D eigenvalue weighted by atomic mass is 9.95. The minimum atomic E-state index is 0.395. The predicted octanol–water partition coefficient (Wildman–Crippen LogP) is 4.22. The molecule has 3 N–H and O–H groups in total. The zero-order chi connectivity index (χ0) is 13.1. The lowest BCUT2D eigenvalue weighted by Crippen LogP contribution is -1.97. The van der Waals surface area contributed by atoms with Crippen LogP contribution < -0.4 is 5.73 Å². The molecule has 0 saturated carbocycles. The first-order valence-corrected chi connectivity index (χ1v) is 6.61. The number of H-pyrrole nitrogens is 1. The number of nitrogens with two attached hydrogens (primary N) is 1. The number of nitrogens with zero attached hydrogens (tertiary/aromatic N) is 1. The van der Waals surface area contributed by atoms with Crippen molar-refractivity contribution in [3.05, 3.63) is 35.0 Å². The number of aromatic amines is 1. The fraction of sp³-hybridized carbons (Fsp3) is 0.357. The largest absolute Gasteiger partial charge is 0.382 e. The molecule has 0 aliphatic heterocycles. The van der Waals surface area contributed by atoms with Gasteiger partial charge in [0.1, 0.15) is 0 Å². The van der Waals surface area contributed by atoms with Gasteiger partial charge in [0.2, 0.25) is 0 Å². The Labute approximate surface area is 112 Å². The molecule has 1 atom stereocenters. The highest BCUT2D eigenvalue weighted by atomic mass is 35.5. The van der Waals surface area contributed by atoms with Crippen LogP contribution in [-0.4, -0.2) is 10.2 Å². The molecule has 0 aliphatic rings. The highest BCUT2D eigenvalue weighted by molar-refractivity contribution is 6.33. The van der Waals surface area contributed by atoms with E-state index in [1.54, 1.807) is 0 Å². The molecule has 0 fully saturated rings. The van der Waals surface area contributed by atoms with E-state index in [0.29, 0.717) is 16.8 Å². The van der Waals surface area contributed by atoms with Crippen molar-refractivity contribution in [2.75, 3.05) is 5.73 Å². The Kier molecular flexibility index (Phi) is 3.92. The third kappa shape index (κ3) is 2.36. The fourth-order valence-corrected chi connectivity index (χ4v) is 2.48. The highest BCUT2D eigenvalue weighted by Crippen LogP contribution is 2.37. The van der Waals surface area contributed by atoms with Gasteiger partial charge >= 0.3 is 0 Å². The smallest absolute Gasteiger partial charge is 0.153 e. The summed E-state index contributed by atoms with van der Waals surface area (Å²) in [6.07, 6.45) is 2.22. The van der Waals surface area contributed by atoms with E-state index in [1.807, 2.05) is 24.3 Å². The minimum absolute atomic E-state index is 0.395. The monoisotopic (exact) mass is 263 g/mol. The summed E-state index contributed by atoms with van der Waals surface area (Å²) >= 11 is 6.24. The molecule has 0 spiro atoms. The summed E-state index contributed by atoms with van der Waals surface area (Å²) < 4.78 is 0. The van der Waals surface area contributed by atoms with Crippen LogP contribution in [0, 0.1) is 0 Å². The molecule has 2 aromatic rings. The second-order valence-electron chi connectivity index (χ2n) is 4.57. The van der Waals surface area contributed by atoms with Gasteiger partial charge in [-0.1, -0.05) is 50.1 Å². The third-order valence-corrected chi connectivity index (χ3v) is 3.51. The molecule has 0 bridgehead atoms. The SMILES string of the molecule is CCCC(C)c1[nH]nc(N)c1-c1ccccc1Cl. The van der Waals surface area contributed by atoms with Gasteiger partial charge in [0.25, 0.3) is 0 Å². The van der Waals surface area contributed by atoms with E-state index in [2.05, 4.69) is 24.0 Å². The van der Waals surface area contributed by atoms with Gasteiger partial charge in [0, 0.05) is 21.8 Å². The average Bonchev–Trinajstić information content (AvgIpc) is 2.72. The van der Waals surface area contributed by atoms with Gasteiger partial charge in [-0.05, 0) is 18.4 Å². The number of rotatable bonds is 4. The zero-order valence-electron chi connectivity index (χ0n) is 10.7. The predicted molar refractivity (Wildman–Crippen MR) is 76.8 cm³/mol. The maximum atomic E-state index is 6.24. The fourth-order valence-electron chi connectivity index (χ4n) is 2.25. The average molecular weight is 264 g/mol. The highest BCUT2D eigenvalue weighted by Gasteiger charge is 2.19. The van der Waals surface area contributed by atoms with E-state index in [1.165, 1.54) is 0 Å². The molecular weight excluding hydrogens is 246 g/mol. The van der Waals surface area contributed by atoms with Crippen molar-refractivity contribution < 1.29 is 0 Å². The maximum absolute atomic E-state index is 6.24. The molecule has 1 aromatic carbocycles. The van der Waals surface area contributed by atoms with Crippen molar-refractivity contribution in [2.45, 2.75) is 32.6 Å². The Balaban J connectivity index is 2.51. The van der Waals surface area contributed by atoms with Crippen molar-refractivity contribution in [2.24, 2.45) is 0 Å².